The highest BCUT2D eigenvalue weighted by atomic mass is 32.2. The lowest BCUT2D eigenvalue weighted by Gasteiger charge is -2.43. The van der Waals surface area contributed by atoms with Crippen molar-refractivity contribution in [3.63, 3.8) is 0 Å². The van der Waals surface area contributed by atoms with Gasteiger partial charge in [-0.2, -0.15) is 0 Å². The molecule has 9 nitrogen and oxygen atoms in total. The number of carbonyl (C=O) groups excluding carboxylic acids is 3. The molecule has 0 bridgehead atoms. The monoisotopic (exact) mass is 685 g/mol. The molecule has 1 fully saturated rings. The molecule has 3 aliphatic rings. The summed E-state index contributed by atoms with van der Waals surface area (Å²) < 4.78 is 42.5. The summed E-state index contributed by atoms with van der Waals surface area (Å²) in [5.74, 6) is -3.89. The number of alkyl carbamates (subject to hydrolysis) is 1. The van der Waals surface area contributed by atoms with E-state index in [9.17, 15) is 23.6 Å². The number of aromatic nitrogens is 1. The van der Waals surface area contributed by atoms with E-state index in [1.165, 1.54) is 28.7 Å². The second-order valence-corrected chi connectivity index (χ2v) is 13.9. The lowest BCUT2D eigenvalue weighted by molar-refractivity contribution is -0.137. The zero-order valence-electron chi connectivity index (χ0n) is 26.8. The van der Waals surface area contributed by atoms with Crippen molar-refractivity contribution in [3.8, 4) is 5.75 Å². The van der Waals surface area contributed by atoms with Crippen LogP contribution < -0.4 is 20.5 Å². The molecule has 0 radical (unpaired) electrons. The standard InChI is InChI=1S/C37H33F2N3O6S/c1-21(2)30(40-36(46)47-18-22-8-4-3-5-9-22)35(45)48-33-27(43)14-17-41-32(33)34(44)37(15-16-37)20-42(41)31-23-12-13-26(38)29(39)25(23)19-49-28-11-7-6-10-24(28)31/h3-14,17,21,30-31H,15-16,18-20H2,1-2H3,(H,40,46)/t30-,31?/m1/s1. The van der Waals surface area contributed by atoms with Gasteiger partial charge < -0.3 is 14.8 Å². The lowest BCUT2D eigenvalue weighted by atomic mass is 9.89. The van der Waals surface area contributed by atoms with Crippen LogP contribution in [0.2, 0.25) is 0 Å². The number of thioether (sulfide) groups is 1. The number of carbonyl (C=O) groups is 3. The quantitative estimate of drug-likeness (QED) is 0.226. The maximum atomic E-state index is 15.4. The molecule has 49 heavy (non-hydrogen) atoms. The van der Waals surface area contributed by atoms with Crippen LogP contribution in [0.25, 0.3) is 0 Å². The van der Waals surface area contributed by atoms with Crippen LogP contribution >= 0.6 is 11.8 Å². The number of amides is 1. The van der Waals surface area contributed by atoms with Gasteiger partial charge in [0.15, 0.2) is 23.1 Å². The summed E-state index contributed by atoms with van der Waals surface area (Å²) in [6, 6.07) is 18.6. The molecule has 1 aromatic heterocycles. The predicted molar refractivity (Wildman–Crippen MR) is 178 cm³/mol. The molecule has 12 heteroatoms. The van der Waals surface area contributed by atoms with Crippen molar-refractivity contribution < 1.29 is 32.6 Å². The van der Waals surface area contributed by atoms with E-state index in [0.29, 0.717) is 18.4 Å². The van der Waals surface area contributed by atoms with Gasteiger partial charge in [-0.25, -0.2) is 18.4 Å². The Kier molecular flexibility index (Phi) is 8.52. The molecule has 1 saturated carbocycles. The summed E-state index contributed by atoms with van der Waals surface area (Å²) in [5.41, 5.74) is 0.660. The van der Waals surface area contributed by atoms with E-state index in [1.807, 2.05) is 47.5 Å². The number of nitrogens with one attached hydrogen (secondary N) is 1. The summed E-state index contributed by atoms with van der Waals surface area (Å²) in [6.45, 7) is 3.61. The molecule has 2 atom stereocenters. The van der Waals surface area contributed by atoms with Gasteiger partial charge in [0, 0.05) is 35.0 Å². The first-order valence-electron chi connectivity index (χ1n) is 16.0. The third-order valence-corrected chi connectivity index (χ3v) is 10.5. The summed E-state index contributed by atoms with van der Waals surface area (Å²) in [4.78, 5) is 54.8. The third kappa shape index (κ3) is 5.98. The Labute approximate surface area is 285 Å². The molecule has 1 amide bonds. The molecule has 2 aliphatic heterocycles. The first-order valence-corrected chi connectivity index (χ1v) is 17.0. The van der Waals surface area contributed by atoms with E-state index in [-0.39, 0.29) is 35.9 Å². The highest BCUT2D eigenvalue weighted by Crippen LogP contribution is 2.54. The zero-order chi connectivity index (χ0) is 34.4. The van der Waals surface area contributed by atoms with Crippen LogP contribution in [0.15, 0.2) is 88.7 Å². The molecule has 1 spiro atoms. The van der Waals surface area contributed by atoms with E-state index < -0.39 is 58.3 Å². The molecular formula is C37H33F2N3O6S. The van der Waals surface area contributed by atoms with Gasteiger partial charge in [0.2, 0.25) is 11.2 Å². The molecule has 4 aromatic rings. The molecule has 1 N–H and O–H groups in total. The van der Waals surface area contributed by atoms with Crippen LogP contribution in [-0.2, 0) is 21.9 Å². The van der Waals surface area contributed by atoms with Crippen molar-refractivity contribution in [2.24, 2.45) is 11.3 Å². The van der Waals surface area contributed by atoms with Crippen molar-refractivity contribution in [1.82, 2.24) is 9.99 Å². The lowest BCUT2D eigenvalue weighted by Crippen LogP contribution is -2.52. The van der Waals surface area contributed by atoms with E-state index >= 15 is 4.39 Å². The van der Waals surface area contributed by atoms with Crippen molar-refractivity contribution in [3.05, 3.63) is 129 Å². The van der Waals surface area contributed by atoms with Crippen LogP contribution in [-0.4, -0.2) is 35.1 Å². The average molecular weight is 686 g/mol. The predicted octanol–water partition coefficient (Wildman–Crippen LogP) is 6.29. The van der Waals surface area contributed by atoms with Gasteiger partial charge in [0.25, 0.3) is 0 Å². The largest absolute Gasteiger partial charge is 0.445 e. The van der Waals surface area contributed by atoms with E-state index in [1.54, 1.807) is 32.0 Å². The number of pyridine rings is 1. The number of esters is 1. The number of hydrogen-bond acceptors (Lipinski definition) is 8. The van der Waals surface area contributed by atoms with Gasteiger partial charge in [-0.1, -0.05) is 68.4 Å². The van der Waals surface area contributed by atoms with Crippen molar-refractivity contribution in [1.29, 1.82) is 0 Å². The normalized spacial score (nSPS) is 17.8. The first kappa shape index (κ1) is 32.6. The number of rotatable bonds is 7. The fraction of sp³-hybridized carbons (Fsp3) is 0.297. The second-order valence-electron chi connectivity index (χ2n) is 12.9. The maximum Gasteiger partial charge on any atom is 0.408 e. The molecule has 1 aliphatic carbocycles. The molecule has 1 unspecified atom stereocenters. The van der Waals surface area contributed by atoms with Crippen LogP contribution in [0.1, 0.15) is 65.5 Å². The average Bonchev–Trinajstić information content (AvgIpc) is 3.90. The van der Waals surface area contributed by atoms with Crippen molar-refractivity contribution in [2.75, 3.05) is 11.6 Å². The fourth-order valence-corrected chi connectivity index (χ4v) is 7.64. The summed E-state index contributed by atoms with van der Waals surface area (Å²) in [7, 11) is 0. The molecule has 3 aromatic carbocycles. The molecular weight excluding hydrogens is 652 g/mol. The SMILES string of the molecule is CC(C)[C@@H](NC(=O)OCc1ccccc1)C(=O)Oc1c2n(ccc1=O)N(C1c3ccccc3SCc3c1ccc(F)c3F)CC1(CC1)C2=O. The zero-order valence-corrected chi connectivity index (χ0v) is 27.6. The van der Waals surface area contributed by atoms with Crippen molar-refractivity contribution in [2.45, 2.75) is 56.0 Å². The van der Waals surface area contributed by atoms with Crippen molar-refractivity contribution >= 4 is 29.6 Å². The summed E-state index contributed by atoms with van der Waals surface area (Å²) in [6.07, 6.45) is 1.67. The Bertz CT molecular complexity index is 2030. The van der Waals surface area contributed by atoms with E-state index in [2.05, 4.69) is 5.32 Å². The van der Waals surface area contributed by atoms with Gasteiger partial charge in [-0.15, -0.1) is 11.8 Å². The number of hydrogen-bond donors (Lipinski definition) is 1. The van der Waals surface area contributed by atoms with Crippen LogP contribution in [0.4, 0.5) is 13.6 Å². The summed E-state index contributed by atoms with van der Waals surface area (Å²) >= 11 is 1.39. The summed E-state index contributed by atoms with van der Waals surface area (Å²) in [5, 5.41) is 4.41. The van der Waals surface area contributed by atoms with Crippen LogP contribution in [0.3, 0.4) is 0 Å². The minimum Gasteiger partial charge on any atom is -0.445 e. The molecule has 3 heterocycles. The third-order valence-electron chi connectivity index (χ3n) is 9.35. The van der Waals surface area contributed by atoms with E-state index in [4.69, 9.17) is 9.47 Å². The number of halogens is 2. The Balaban J connectivity index is 1.26. The Morgan fingerprint density at radius 2 is 1.71 bits per heavy atom. The van der Waals surface area contributed by atoms with Gasteiger partial charge >= 0.3 is 12.1 Å². The second kappa shape index (κ2) is 12.8. The maximum absolute atomic E-state index is 15.4. The minimum atomic E-state index is -1.20. The number of ether oxygens (including phenoxy) is 2. The smallest absolute Gasteiger partial charge is 0.408 e. The molecule has 0 saturated heterocycles. The number of Topliss-reactive ketones (excluding diaryl/α,β-unsaturated/α-hetero) is 1. The van der Waals surface area contributed by atoms with Gasteiger partial charge in [-0.3, -0.25) is 19.3 Å². The van der Waals surface area contributed by atoms with Gasteiger partial charge in [0.05, 0.1) is 11.5 Å². The van der Waals surface area contributed by atoms with Gasteiger partial charge in [-0.05, 0) is 47.6 Å². The fourth-order valence-electron chi connectivity index (χ4n) is 6.53. The minimum absolute atomic E-state index is 0.0189. The number of nitrogens with zero attached hydrogens (tertiary/aromatic N) is 2. The van der Waals surface area contributed by atoms with Crippen LogP contribution in [0.5, 0.6) is 5.75 Å². The van der Waals surface area contributed by atoms with Gasteiger partial charge in [0.1, 0.15) is 12.6 Å². The first-order chi connectivity index (χ1) is 23.6. The molecule has 252 valence electrons. The Morgan fingerprint density at radius 1 is 0.980 bits per heavy atom. The molecule has 7 rings (SSSR count). The number of fused-ring (bicyclic) bond motifs is 3. The van der Waals surface area contributed by atoms with E-state index in [0.717, 1.165) is 22.1 Å². The topological polar surface area (TPSA) is 107 Å². The highest BCUT2D eigenvalue weighted by molar-refractivity contribution is 7.98. The Morgan fingerprint density at radius 3 is 2.45 bits per heavy atom. The number of benzene rings is 3. The highest BCUT2D eigenvalue weighted by Gasteiger charge is 2.57. The van der Waals surface area contributed by atoms with Crippen LogP contribution in [0, 0.1) is 23.0 Å². The number of ketones is 1. The Hall–Kier alpha value is -4.97.